The normalized spacial score (nSPS) is 36.5. The van der Waals surface area contributed by atoms with Gasteiger partial charge in [0.15, 0.2) is 0 Å². The fourth-order valence-electron chi connectivity index (χ4n) is 5.34. The Morgan fingerprint density at radius 1 is 1.00 bits per heavy atom. The Labute approximate surface area is 116 Å². The SMILES string of the molecule is Cc1cc2c(cc1O)CCC1C2CCC2CCCC21. The molecule has 19 heavy (non-hydrogen) atoms. The summed E-state index contributed by atoms with van der Waals surface area (Å²) in [5.74, 6) is 4.29. The van der Waals surface area contributed by atoms with E-state index in [1.165, 1.54) is 50.5 Å². The van der Waals surface area contributed by atoms with Crippen LogP contribution < -0.4 is 0 Å². The zero-order valence-corrected chi connectivity index (χ0v) is 11.9. The van der Waals surface area contributed by atoms with Crippen LogP contribution >= 0.6 is 0 Å². The average Bonchev–Trinajstić information content (AvgIpc) is 2.88. The zero-order chi connectivity index (χ0) is 13.0. The Balaban J connectivity index is 1.73. The van der Waals surface area contributed by atoms with Crippen molar-refractivity contribution in [2.24, 2.45) is 17.8 Å². The second kappa shape index (κ2) is 4.26. The highest BCUT2D eigenvalue weighted by Gasteiger charge is 2.43. The minimum absolute atomic E-state index is 0.492. The van der Waals surface area contributed by atoms with Gasteiger partial charge in [-0.25, -0.2) is 0 Å². The van der Waals surface area contributed by atoms with Gasteiger partial charge in [0.1, 0.15) is 5.75 Å². The first-order valence-corrected chi connectivity index (χ1v) is 8.06. The third kappa shape index (κ3) is 1.74. The molecule has 3 aliphatic carbocycles. The highest BCUT2D eigenvalue weighted by Crippen LogP contribution is 2.55. The largest absolute Gasteiger partial charge is 0.508 e. The van der Waals surface area contributed by atoms with E-state index >= 15 is 0 Å². The topological polar surface area (TPSA) is 20.2 Å². The summed E-state index contributed by atoms with van der Waals surface area (Å²) in [6.07, 6.45) is 9.84. The third-order valence-corrected chi connectivity index (χ3v) is 6.24. The third-order valence-electron chi connectivity index (χ3n) is 6.24. The second-order valence-electron chi connectivity index (χ2n) is 7.08. The lowest BCUT2D eigenvalue weighted by molar-refractivity contribution is 0.136. The Morgan fingerprint density at radius 2 is 1.89 bits per heavy atom. The van der Waals surface area contributed by atoms with Crippen LogP contribution in [0.2, 0.25) is 0 Å². The molecule has 3 aliphatic rings. The summed E-state index contributed by atoms with van der Waals surface area (Å²) in [7, 11) is 0. The van der Waals surface area contributed by atoms with Crippen LogP contribution in [-0.4, -0.2) is 5.11 Å². The van der Waals surface area contributed by atoms with E-state index in [-0.39, 0.29) is 0 Å². The Hall–Kier alpha value is -0.980. The maximum Gasteiger partial charge on any atom is 0.118 e. The van der Waals surface area contributed by atoms with Crippen molar-refractivity contribution in [1.29, 1.82) is 0 Å². The van der Waals surface area contributed by atoms with Crippen molar-refractivity contribution in [2.75, 3.05) is 0 Å². The number of hydrogen-bond acceptors (Lipinski definition) is 1. The van der Waals surface area contributed by atoms with Crippen LogP contribution in [0.4, 0.5) is 0 Å². The summed E-state index contributed by atoms with van der Waals surface area (Å²) in [6, 6.07) is 4.33. The van der Waals surface area contributed by atoms with Gasteiger partial charge in [-0.3, -0.25) is 0 Å². The molecule has 0 aliphatic heterocycles. The maximum atomic E-state index is 9.92. The van der Waals surface area contributed by atoms with Crippen LogP contribution in [0, 0.1) is 24.7 Å². The van der Waals surface area contributed by atoms with E-state index < -0.39 is 0 Å². The van der Waals surface area contributed by atoms with Crippen LogP contribution in [-0.2, 0) is 6.42 Å². The van der Waals surface area contributed by atoms with Gasteiger partial charge in [0.2, 0.25) is 0 Å². The molecular formula is C18H24O. The lowest BCUT2D eigenvalue weighted by Crippen LogP contribution is -2.34. The van der Waals surface area contributed by atoms with E-state index in [2.05, 4.69) is 6.07 Å². The molecular weight excluding hydrogens is 232 g/mol. The summed E-state index contributed by atoms with van der Waals surface area (Å²) in [4.78, 5) is 0. The molecule has 0 heterocycles. The molecule has 1 nitrogen and oxygen atoms in total. The van der Waals surface area contributed by atoms with Crippen LogP contribution in [0.25, 0.3) is 0 Å². The molecule has 1 heteroatoms. The number of fused-ring (bicyclic) bond motifs is 5. The molecule has 0 aromatic heterocycles. The van der Waals surface area contributed by atoms with Crippen LogP contribution in [0.3, 0.4) is 0 Å². The van der Waals surface area contributed by atoms with Gasteiger partial charge in [-0.1, -0.05) is 18.9 Å². The number of phenols is 1. The lowest BCUT2D eigenvalue weighted by atomic mass is 9.61. The monoisotopic (exact) mass is 256 g/mol. The molecule has 0 radical (unpaired) electrons. The van der Waals surface area contributed by atoms with Gasteiger partial charge < -0.3 is 5.11 Å². The van der Waals surface area contributed by atoms with Crippen molar-refractivity contribution < 1.29 is 5.11 Å². The summed E-state index contributed by atoms with van der Waals surface area (Å²) in [6.45, 7) is 2.04. The first kappa shape index (κ1) is 11.8. The molecule has 2 fully saturated rings. The highest BCUT2D eigenvalue weighted by molar-refractivity contribution is 5.44. The molecule has 2 saturated carbocycles. The fraction of sp³-hybridized carbons (Fsp3) is 0.667. The minimum atomic E-state index is 0.492. The molecule has 102 valence electrons. The molecule has 1 aromatic rings. The van der Waals surface area contributed by atoms with Crippen molar-refractivity contribution in [3.8, 4) is 5.75 Å². The predicted molar refractivity (Wildman–Crippen MR) is 77.5 cm³/mol. The summed E-state index contributed by atoms with van der Waals surface area (Å²) < 4.78 is 0. The zero-order valence-electron chi connectivity index (χ0n) is 11.9. The Morgan fingerprint density at radius 3 is 2.79 bits per heavy atom. The predicted octanol–water partition coefficient (Wildman–Crippen LogP) is 4.56. The average molecular weight is 256 g/mol. The number of rotatable bonds is 0. The van der Waals surface area contributed by atoms with Crippen molar-refractivity contribution in [2.45, 2.75) is 57.8 Å². The first-order chi connectivity index (χ1) is 9.24. The number of aromatic hydroxyl groups is 1. The molecule has 1 aromatic carbocycles. The van der Waals surface area contributed by atoms with Crippen molar-refractivity contribution in [3.05, 3.63) is 28.8 Å². The molecule has 0 spiro atoms. The van der Waals surface area contributed by atoms with E-state index in [9.17, 15) is 5.11 Å². The molecule has 1 N–H and O–H groups in total. The van der Waals surface area contributed by atoms with Gasteiger partial charge in [0.05, 0.1) is 0 Å². The van der Waals surface area contributed by atoms with Crippen LogP contribution in [0.1, 0.15) is 61.1 Å². The molecule has 0 amide bonds. The van der Waals surface area contributed by atoms with Gasteiger partial charge in [-0.15, -0.1) is 0 Å². The molecule has 4 atom stereocenters. The Kier molecular flexibility index (Phi) is 2.65. The van der Waals surface area contributed by atoms with Crippen LogP contribution in [0.15, 0.2) is 12.1 Å². The number of hydrogen-bond donors (Lipinski definition) is 1. The molecule has 0 bridgehead atoms. The van der Waals surface area contributed by atoms with Crippen LogP contribution in [0.5, 0.6) is 5.75 Å². The van der Waals surface area contributed by atoms with Gasteiger partial charge in [-0.05, 0) is 85.5 Å². The molecule has 4 unspecified atom stereocenters. The number of phenolic OH excluding ortho intramolecular Hbond substituents is 1. The molecule has 0 saturated heterocycles. The quantitative estimate of drug-likeness (QED) is 0.721. The van der Waals surface area contributed by atoms with E-state index in [4.69, 9.17) is 0 Å². The van der Waals surface area contributed by atoms with E-state index in [1.807, 2.05) is 13.0 Å². The first-order valence-electron chi connectivity index (χ1n) is 8.06. The van der Waals surface area contributed by atoms with E-state index in [0.717, 1.165) is 29.2 Å². The molecule has 4 rings (SSSR count). The second-order valence-corrected chi connectivity index (χ2v) is 7.08. The van der Waals surface area contributed by atoms with Gasteiger partial charge >= 0.3 is 0 Å². The number of benzene rings is 1. The van der Waals surface area contributed by atoms with Gasteiger partial charge in [-0.2, -0.15) is 0 Å². The standard InChI is InChI=1S/C18H24O/c1-11-9-17-13(10-18(11)19)6-8-15-14-4-2-3-12(14)5-7-16(15)17/h9-10,12,14-16,19H,2-8H2,1H3. The fourth-order valence-corrected chi connectivity index (χ4v) is 5.34. The maximum absolute atomic E-state index is 9.92. The van der Waals surface area contributed by atoms with Crippen molar-refractivity contribution >= 4 is 0 Å². The summed E-state index contributed by atoms with van der Waals surface area (Å²) in [5, 5.41) is 9.92. The lowest BCUT2D eigenvalue weighted by Gasteiger charge is -2.44. The van der Waals surface area contributed by atoms with E-state index in [1.54, 1.807) is 5.56 Å². The highest BCUT2D eigenvalue weighted by atomic mass is 16.3. The summed E-state index contributed by atoms with van der Waals surface area (Å²) in [5.41, 5.74) is 4.07. The van der Waals surface area contributed by atoms with Crippen molar-refractivity contribution in [3.63, 3.8) is 0 Å². The van der Waals surface area contributed by atoms with E-state index in [0.29, 0.717) is 5.75 Å². The summed E-state index contributed by atoms with van der Waals surface area (Å²) >= 11 is 0. The Bertz CT molecular complexity index is 505. The smallest absolute Gasteiger partial charge is 0.118 e. The minimum Gasteiger partial charge on any atom is -0.508 e. The van der Waals surface area contributed by atoms with Crippen molar-refractivity contribution in [1.82, 2.24) is 0 Å². The van der Waals surface area contributed by atoms with Gasteiger partial charge in [0, 0.05) is 0 Å². The van der Waals surface area contributed by atoms with Gasteiger partial charge in [0.25, 0.3) is 0 Å². The number of aryl methyl sites for hydroxylation is 2.